The first-order valence-electron chi connectivity index (χ1n) is 22.0. The van der Waals surface area contributed by atoms with Gasteiger partial charge >= 0.3 is 11.9 Å². The van der Waals surface area contributed by atoms with E-state index in [4.69, 9.17) is 17.2 Å². The third-order valence-electron chi connectivity index (χ3n) is 10.7. The van der Waals surface area contributed by atoms with E-state index in [-0.39, 0.29) is 25.0 Å². The normalized spacial score (nSPS) is 13.8. The second-order valence-electron chi connectivity index (χ2n) is 16.3. The van der Waals surface area contributed by atoms with Crippen LogP contribution in [0.15, 0.2) is 85.1 Å². The zero-order chi connectivity index (χ0) is 53.1. The fraction of sp³-hybridized carbons (Fsp3) is 0.326. The molecule has 17 N–H and O–H groups in total. The third kappa shape index (κ3) is 17.5. The first kappa shape index (κ1) is 56.1. The molecule has 0 aliphatic carbocycles. The number of carboxylic acids is 2. The van der Waals surface area contributed by atoms with Crippen LogP contribution in [0.1, 0.15) is 36.0 Å². The van der Waals surface area contributed by atoms with Crippen LogP contribution in [0.5, 0.6) is 5.75 Å². The summed E-state index contributed by atoms with van der Waals surface area (Å²) >= 11 is 4.19. The molecule has 25 nitrogen and oxygen atoms in total. The highest BCUT2D eigenvalue weighted by Crippen LogP contribution is 2.20. The molecule has 0 unspecified atom stereocenters. The monoisotopic (exact) mass is 1020 g/mol. The number of para-hydroxylation sites is 1. The van der Waals surface area contributed by atoms with Crippen LogP contribution < -0.4 is 54.4 Å². The Kier molecular flexibility index (Phi) is 21.0. The van der Waals surface area contributed by atoms with Crippen LogP contribution in [-0.2, 0) is 72.0 Å². The number of rotatable bonds is 28. The number of hydrogen-bond donors (Lipinski definition) is 15. The molecule has 4 aromatic rings. The summed E-state index contributed by atoms with van der Waals surface area (Å²) in [7, 11) is 0. The molecule has 0 saturated carbocycles. The van der Waals surface area contributed by atoms with E-state index in [0.29, 0.717) is 27.6 Å². The minimum atomic E-state index is -1.88. The lowest BCUT2D eigenvalue weighted by Crippen LogP contribution is -2.61. The smallest absolute Gasteiger partial charge is 0.326 e. The van der Waals surface area contributed by atoms with Crippen molar-refractivity contribution in [1.82, 2.24) is 42.2 Å². The van der Waals surface area contributed by atoms with Gasteiger partial charge in [-0.2, -0.15) is 12.6 Å². The molecule has 3 aromatic carbocycles. The molecule has 72 heavy (non-hydrogen) atoms. The van der Waals surface area contributed by atoms with Crippen LogP contribution in [0.25, 0.3) is 10.9 Å². The largest absolute Gasteiger partial charge is 0.508 e. The quantitative estimate of drug-likeness (QED) is 0.0246. The van der Waals surface area contributed by atoms with Gasteiger partial charge in [-0.15, -0.1) is 0 Å². The van der Waals surface area contributed by atoms with Gasteiger partial charge in [0.05, 0.1) is 25.8 Å². The number of carbonyl (C=O) groups is 11. The Morgan fingerprint density at radius 1 is 0.514 bits per heavy atom. The van der Waals surface area contributed by atoms with Gasteiger partial charge in [-0.3, -0.25) is 47.9 Å². The van der Waals surface area contributed by atoms with Crippen LogP contribution in [0.2, 0.25) is 0 Å². The van der Waals surface area contributed by atoms with Crippen LogP contribution in [-0.4, -0.2) is 140 Å². The number of aromatic amines is 1. The molecule has 0 saturated heterocycles. The molecule has 26 heteroatoms. The number of primary amides is 2. The van der Waals surface area contributed by atoms with Crippen molar-refractivity contribution in [2.24, 2.45) is 17.2 Å². The summed E-state index contributed by atoms with van der Waals surface area (Å²) in [5.41, 5.74) is 18.2. The first-order valence-corrected chi connectivity index (χ1v) is 22.6. The Bertz CT molecular complexity index is 2630. The number of hydrogen-bond acceptors (Lipinski definition) is 14. The fourth-order valence-corrected chi connectivity index (χ4v) is 7.40. The molecule has 0 fully saturated rings. The van der Waals surface area contributed by atoms with Crippen molar-refractivity contribution in [1.29, 1.82) is 0 Å². The highest BCUT2D eigenvalue weighted by molar-refractivity contribution is 7.80. The number of H-pyrrole nitrogens is 1. The van der Waals surface area contributed by atoms with E-state index in [2.05, 4.69) is 54.8 Å². The van der Waals surface area contributed by atoms with Crippen LogP contribution in [0.3, 0.4) is 0 Å². The highest BCUT2D eigenvalue weighted by Gasteiger charge is 2.35. The van der Waals surface area contributed by atoms with Crippen molar-refractivity contribution in [2.75, 3.05) is 12.3 Å². The number of phenolic OH excluding ortho intramolecular Hbond substituents is 1. The van der Waals surface area contributed by atoms with Crippen LogP contribution in [0, 0.1) is 0 Å². The van der Waals surface area contributed by atoms with Crippen LogP contribution in [0.4, 0.5) is 0 Å². The number of benzene rings is 3. The fourth-order valence-electron chi connectivity index (χ4n) is 7.14. The van der Waals surface area contributed by atoms with E-state index in [0.717, 1.165) is 0 Å². The number of phenols is 1. The predicted molar refractivity (Wildman–Crippen MR) is 258 cm³/mol. The molecular formula is C46H55N11O14S. The summed E-state index contributed by atoms with van der Waals surface area (Å²) in [5.74, 6) is -13.2. The number of fused-ring (bicyclic) bond motifs is 1. The maximum absolute atomic E-state index is 14.1. The van der Waals surface area contributed by atoms with Gasteiger partial charge in [-0.05, 0) is 34.9 Å². The van der Waals surface area contributed by atoms with Crippen molar-refractivity contribution in [2.45, 2.75) is 80.8 Å². The Balaban J connectivity index is 1.57. The maximum atomic E-state index is 14.1. The zero-order valence-corrected chi connectivity index (χ0v) is 39.2. The molecule has 0 bridgehead atoms. The minimum Gasteiger partial charge on any atom is -0.508 e. The van der Waals surface area contributed by atoms with E-state index in [9.17, 15) is 68.1 Å². The van der Waals surface area contributed by atoms with Crippen molar-refractivity contribution >= 4 is 88.6 Å². The van der Waals surface area contributed by atoms with Gasteiger partial charge in [-0.1, -0.05) is 60.7 Å². The molecule has 4 rings (SSSR count). The van der Waals surface area contributed by atoms with E-state index in [1.54, 1.807) is 60.8 Å². The molecule has 1 heterocycles. The van der Waals surface area contributed by atoms with Gasteiger partial charge in [0.2, 0.25) is 53.2 Å². The van der Waals surface area contributed by atoms with E-state index >= 15 is 0 Å². The summed E-state index contributed by atoms with van der Waals surface area (Å²) in [6.07, 6.45) is -1.84. The average molecular weight is 1020 g/mol. The van der Waals surface area contributed by atoms with Crippen molar-refractivity contribution in [3.8, 4) is 5.75 Å². The molecular weight excluding hydrogens is 963 g/mol. The molecule has 384 valence electrons. The second-order valence-corrected chi connectivity index (χ2v) is 16.6. The molecule has 0 radical (unpaired) electrons. The SMILES string of the molecule is NCC(=O)N[C@@H](CC(N)=O)C(=O)N[C@@H](Cc1c[nH]c2ccccc12)C(=O)N[C@@H](CC(N)=O)C(=O)N[C@@H](CS)C(=O)N[C@@H](Cc1ccccc1)C(=O)N[C@@H](CC(=O)O)C(=O)N[C@@H](Cc1ccc(O)cc1)C(=O)O. The number of nitrogens with two attached hydrogens (primary N) is 3. The summed E-state index contributed by atoms with van der Waals surface area (Å²) in [5, 5.41) is 46.1. The molecule has 0 aliphatic rings. The molecule has 9 amide bonds. The Labute approximate surface area is 415 Å². The Morgan fingerprint density at radius 2 is 0.944 bits per heavy atom. The summed E-state index contributed by atoms with van der Waals surface area (Å²) in [6, 6.07) is 8.69. The average Bonchev–Trinajstić information content (AvgIpc) is 3.74. The summed E-state index contributed by atoms with van der Waals surface area (Å²) in [6.45, 7) is -0.565. The van der Waals surface area contributed by atoms with Crippen molar-refractivity contribution in [3.05, 3.63) is 102 Å². The lowest BCUT2D eigenvalue weighted by Gasteiger charge is -2.27. The number of nitrogens with one attached hydrogen (secondary N) is 8. The van der Waals surface area contributed by atoms with E-state index in [1.807, 2.05) is 0 Å². The number of amides is 9. The number of aromatic nitrogens is 1. The van der Waals surface area contributed by atoms with E-state index in [1.165, 1.54) is 24.3 Å². The second kappa shape index (κ2) is 27.0. The zero-order valence-electron chi connectivity index (χ0n) is 38.3. The maximum Gasteiger partial charge on any atom is 0.326 e. The number of aromatic hydroxyl groups is 1. The number of aliphatic carboxylic acids is 2. The minimum absolute atomic E-state index is 0.102. The van der Waals surface area contributed by atoms with Crippen molar-refractivity contribution in [3.63, 3.8) is 0 Å². The van der Waals surface area contributed by atoms with Gasteiger partial charge in [0.1, 0.15) is 48.0 Å². The van der Waals surface area contributed by atoms with Gasteiger partial charge in [0.15, 0.2) is 0 Å². The molecule has 0 aliphatic heterocycles. The molecule has 7 atom stereocenters. The predicted octanol–water partition coefficient (Wildman–Crippen LogP) is -3.51. The summed E-state index contributed by atoms with van der Waals surface area (Å²) in [4.78, 5) is 146. The van der Waals surface area contributed by atoms with Gasteiger partial charge in [0, 0.05) is 42.1 Å². The Morgan fingerprint density at radius 3 is 1.47 bits per heavy atom. The third-order valence-corrected chi connectivity index (χ3v) is 11.1. The van der Waals surface area contributed by atoms with Crippen molar-refractivity contribution < 1.29 is 68.1 Å². The molecule has 1 aromatic heterocycles. The number of thiol groups is 1. The van der Waals surface area contributed by atoms with Gasteiger partial charge < -0.3 is 74.7 Å². The summed E-state index contributed by atoms with van der Waals surface area (Å²) < 4.78 is 0. The molecule has 0 spiro atoms. The lowest BCUT2D eigenvalue weighted by atomic mass is 10.0. The van der Waals surface area contributed by atoms with Gasteiger partial charge in [-0.25, -0.2) is 4.79 Å². The van der Waals surface area contributed by atoms with Gasteiger partial charge in [0.25, 0.3) is 0 Å². The number of carbonyl (C=O) groups excluding carboxylic acids is 9. The topological polar surface area (TPSA) is 427 Å². The lowest BCUT2D eigenvalue weighted by molar-refractivity contribution is -0.143. The van der Waals surface area contributed by atoms with Crippen LogP contribution >= 0.6 is 12.6 Å². The first-order chi connectivity index (χ1) is 34.2. The Hall–Kier alpha value is -8.52. The standard InChI is InChI=1S/C46H55N11O14S/c47-20-38(61)51-31(17-36(48)59)42(66)53-30(16-25-21-50-28-9-5-4-8-27(25)28)41(65)54-32(18-37(49)60)43(67)57-35(22-72)45(69)52-29(14-23-6-2-1-3-7-23)40(64)55-33(19-39(62)63)44(68)56-34(46(70)71)15-24-10-12-26(58)13-11-24/h1-13,21,29-35,50,58,72H,14-20,22,47H2,(H2,48,59)(H2,49,60)(H,51,61)(H,52,69)(H,53,66)(H,54,65)(H,55,64)(H,56,68)(H,57,67)(H,62,63)(H,70,71)/t29-,30-,31-,32-,33-,34-,35-/m0/s1. The highest BCUT2D eigenvalue weighted by atomic mass is 32.1. The number of carboxylic acid groups (broad SMARTS) is 2. The van der Waals surface area contributed by atoms with E-state index < -0.39 is 139 Å².